The lowest BCUT2D eigenvalue weighted by Gasteiger charge is -2.25. The average Bonchev–Trinajstić information content (AvgIpc) is 3.03. The number of aromatic nitrogens is 1. The number of alkyl halides is 1. The van der Waals surface area contributed by atoms with E-state index in [2.05, 4.69) is 0 Å². The van der Waals surface area contributed by atoms with Crippen LogP contribution in [0, 0.1) is 0 Å². The molecule has 25 heavy (non-hydrogen) atoms. The van der Waals surface area contributed by atoms with Crippen molar-refractivity contribution in [2.24, 2.45) is 7.05 Å². The first-order valence-electron chi connectivity index (χ1n) is 8.08. The van der Waals surface area contributed by atoms with E-state index >= 15 is 0 Å². The van der Waals surface area contributed by atoms with E-state index in [0.29, 0.717) is 23.1 Å². The Labute approximate surface area is 149 Å². The number of fused-ring (bicyclic) bond motifs is 4. The lowest BCUT2D eigenvalue weighted by molar-refractivity contribution is 0.131. The molecule has 4 rings (SSSR count). The third kappa shape index (κ3) is 2.23. The van der Waals surface area contributed by atoms with E-state index < -0.39 is 11.0 Å². The van der Waals surface area contributed by atoms with Gasteiger partial charge >= 0.3 is 0 Å². The van der Waals surface area contributed by atoms with Gasteiger partial charge in [0.15, 0.2) is 0 Å². The summed E-state index contributed by atoms with van der Waals surface area (Å²) in [5, 5.41) is 20.8. The number of benzene rings is 2. The van der Waals surface area contributed by atoms with Crippen molar-refractivity contribution in [3.63, 3.8) is 0 Å². The molecule has 1 aliphatic rings. The smallest absolute Gasteiger partial charge is 0.200 e. The topological polar surface area (TPSA) is 71.7 Å². The number of aliphatic hydroxyl groups excluding tert-OH is 1. The second-order valence-corrected chi connectivity index (χ2v) is 7.61. The Balaban J connectivity index is 2.07. The molecule has 130 valence electrons. The molecule has 0 aliphatic carbocycles. The zero-order chi connectivity index (χ0) is 17.9. The highest BCUT2D eigenvalue weighted by molar-refractivity contribution is 6.24. The number of aliphatic hydroxyl groups is 1. The fourth-order valence-electron chi connectivity index (χ4n) is 3.60. The number of aryl methyl sites for hydroxylation is 1. The molecule has 2 atom stereocenters. The molecule has 2 heterocycles. The Hall–Kier alpha value is -2.24. The molecule has 1 aromatic heterocycles. The van der Waals surface area contributed by atoms with E-state index in [9.17, 15) is 15.0 Å². The number of phenols is 1. The zero-order valence-corrected chi connectivity index (χ0v) is 14.7. The van der Waals surface area contributed by atoms with Crippen molar-refractivity contribution in [1.82, 2.24) is 4.57 Å². The lowest BCUT2D eigenvalue weighted by atomic mass is 9.97. The van der Waals surface area contributed by atoms with Gasteiger partial charge < -0.3 is 19.5 Å². The van der Waals surface area contributed by atoms with Crippen LogP contribution >= 0.6 is 11.6 Å². The second-order valence-electron chi connectivity index (χ2n) is 6.75. The lowest BCUT2D eigenvalue weighted by Crippen LogP contribution is -2.40. The molecule has 0 spiro atoms. The minimum atomic E-state index is -0.948. The maximum Gasteiger partial charge on any atom is 0.200 e. The monoisotopic (exact) mass is 359 g/mol. The highest BCUT2D eigenvalue weighted by atomic mass is 35.5. The minimum absolute atomic E-state index is 0.110. The Morgan fingerprint density at radius 3 is 2.84 bits per heavy atom. The molecule has 0 saturated carbocycles. The van der Waals surface area contributed by atoms with Gasteiger partial charge in [-0.2, -0.15) is 0 Å². The number of nitrogens with zero attached hydrogens (tertiary/aromatic N) is 1. The van der Waals surface area contributed by atoms with E-state index in [1.54, 1.807) is 19.1 Å². The molecule has 3 aromatic rings. The molecule has 0 unspecified atom stereocenters. The van der Waals surface area contributed by atoms with Gasteiger partial charge in [-0.15, -0.1) is 11.6 Å². The summed E-state index contributed by atoms with van der Waals surface area (Å²) in [6.45, 7) is 1.47. The highest BCUT2D eigenvalue weighted by Gasteiger charge is 2.40. The maximum atomic E-state index is 12.9. The Morgan fingerprint density at radius 2 is 2.12 bits per heavy atom. The van der Waals surface area contributed by atoms with Crippen LogP contribution in [0.15, 0.2) is 35.1 Å². The Kier molecular flexibility index (Phi) is 3.49. The third-order valence-electron chi connectivity index (χ3n) is 5.06. The fraction of sp³-hybridized carbons (Fsp3) is 0.316. The van der Waals surface area contributed by atoms with Crippen molar-refractivity contribution in [3.8, 4) is 11.5 Å². The molecule has 0 amide bonds. The quantitative estimate of drug-likeness (QED) is 0.545. The maximum absolute atomic E-state index is 12.9. The number of ether oxygens (including phenoxy) is 1. The minimum Gasteiger partial charge on any atom is -0.507 e. The van der Waals surface area contributed by atoms with Gasteiger partial charge in [-0.25, -0.2) is 0 Å². The SMILES string of the molecule is Cn1c2ccccc2c(=O)c2c(O)cc3c(c21)C[C@H]([C@@](C)(Cl)CO)O3. The number of rotatable bonds is 2. The van der Waals surface area contributed by atoms with Gasteiger partial charge in [0, 0.05) is 30.5 Å². The molecule has 0 radical (unpaired) electrons. The van der Waals surface area contributed by atoms with Crippen LogP contribution in [0.4, 0.5) is 0 Å². The number of aromatic hydroxyl groups is 1. The summed E-state index contributed by atoms with van der Waals surface area (Å²) in [6, 6.07) is 8.78. The molecule has 0 bridgehead atoms. The first-order valence-corrected chi connectivity index (χ1v) is 8.45. The standard InChI is InChI=1S/C19H18ClNO4/c1-19(20,9-22)15-7-11-14(25-15)8-13(23)16-17(11)21(2)12-6-4-3-5-10(12)18(16)24/h3-6,8,15,22-23H,7,9H2,1-2H3/t15-,19+/m1/s1. The molecule has 0 saturated heterocycles. The van der Waals surface area contributed by atoms with Crippen molar-refractivity contribution in [3.05, 3.63) is 46.1 Å². The number of hydrogen-bond donors (Lipinski definition) is 2. The van der Waals surface area contributed by atoms with Gasteiger partial charge in [0.2, 0.25) is 5.43 Å². The summed E-state index contributed by atoms with van der Waals surface area (Å²) in [7, 11) is 1.86. The number of phenolic OH excluding ortho intramolecular Hbond substituents is 1. The van der Waals surface area contributed by atoms with Crippen LogP contribution in [0.5, 0.6) is 11.5 Å². The van der Waals surface area contributed by atoms with Crippen molar-refractivity contribution in [1.29, 1.82) is 0 Å². The largest absolute Gasteiger partial charge is 0.507 e. The normalized spacial score (nSPS) is 19.0. The van der Waals surface area contributed by atoms with Crippen LogP contribution in [-0.2, 0) is 13.5 Å². The van der Waals surface area contributed by atoms with Crippen molar-refractivity contribution in [2.45, 2.75) is 24.3 Å². The van der Waals surface area contributed by atoms with Crippen molar-refractivity contribution in [2.75, 3.05) is 6.61 Å². The molecule has 5 nitrogen and oxygen atoms in total. The summed E-state index contributed by atoms with van der Waals surface area (Å²) in [6.07, 6.45) is 0.0129. The van der Waals surface area contributed by atoms with Crippen LogP contribution in [0.3, 0.4) is 0 Å². The highest BCUT2D eigenvalue weighted by Crippen LogP contribution is 2.42. The summed E-state index contributed by atoms with van der Waals surface area (Å²) in [4.78, 5) is 12.0. The van der Waals surface area contributed by atoms with Gasteiger partial charge in [0.05, 0.1) is 23.0 Å². The summed E-state index contributed by atoms with van der Waals surface area (Å²) in [5.41, 5.74) is 2.05. The predicted molar refractivity (Wildman–Crippen MR) is 97.8 cm³/mol. The fourth-order valence-corrected chi connectivity index (χ4v) is 3.72. The van der Waals surface area contributed by atoms with Gasteiger partial charge in [-0.05, 0) is 19.1 Å². The van der Waals surface area contributed by atoms with E-state index in [4.69, 9.17) is 16.3 Å². The average molecular weight is 360 g/mol. The van der Waals surface area contributed by atoms with Crippen LogP contribution in [0.25, 0.3) is 21.8 Å². The van der Waals surface area contributed by atoms with Crippen LogP contribution in [0.2, 0.25) is 0 Å². The molecular weight excluding hydrogens is 342 g/mol. The molecule has 2 N–H and O–H groups in total. The van der Waals surface area contributed by atoms with E-state index in [1.165, 1.54) is 6.07 Å². The first-order chi connectivity index (χ1) is 11.8. The van der Waals surface area contributed by atoms with E-state index in [0.717, 1.165) is 11.1 Å². The Morgan fingerprint density at radius 1 is 1.40 bits per heavy atom. The van der Waals surface area contributed by atoms with E-state index in [1.807, 2.05) is 23.7 Å². The molecule has 1 aliphatic heterocycles. The van der Waals surface area contributed by atoms with E-state index in [-0.39, 0.29) is 23.2 Å². The summed E-state index contributed by atoms with van der Waals surface area (Å²) < 4.78 is 7.79. The summed E-state index contributed by atoms with van der Waals surface area (Å²) in [5.74, 6) is 0.390. The third-order valence-corrected chi connectivity index (χ3v) is 5.42. The van der Waals surface area contributed by atoms with Crippen LogP contribution in [0.1, 0.15) is 12.5 Å². The molecule has 2 aromatic carbocycles. The Bertz CT molecular complexity index is 1070. The van der Waals surface area contributed by atoms with Crippen LogP contribution < -0.4 is 10.2 Å². The van der Waals surface area contributed by atoms with Gasteiger partial charge in [-0.3, -0.25) is 4.79 Å². The number of para-hydroxylation sites is 1. The van der Waals surface area contributed by atoms with Gasteiger partial charge in [-0.1, -0.05) is 12.1 Å². The van der Waals surface area contributed by atoms with Crippen LogP contribution in [-0.4, -0.2) is 32.4 Å². The number of pyridine rings is 1. The van der Waals surface area contributed by atoms with Crippen molar-refractivity contribution < 1.29 is 14.9 Å². The zero-order valence-electron chi connectivity index (χ0n) is 13.9. The van der Waals surface area contributed by atoms with Gasteiger partial charge in [0.1, 0.15) is 22.5 Å². The first kappa shape index (κ1) is 16.2. The number of halogens is 1. The van der Waals surface area contributed by atoms with Crippen molar-refractivity contribution >= 4 is 33.4 Å². The predicted octanol–water partition coefficient (Wildman–Crippen LogP) is 2.69. The molecule has 0 fully saturated rings. The number of hydrogen-bond acceptors (Lipinski definition) is 4. The summed E-state index contributed by atoms with van der Waals surface area (Å²) >= 11 is 6.37. The van der Waals surface area contributed by atoms with Gasteiger partial charge in [0.25, 0.3) is 0 Å². The molecule has 6 heteroatoms. The molecular formula is C19H18ClNO4. The second kappa shape index (κ2) is 5.38.